The number of esters is 1. The van der Waals surface area contributed by atoms with Crippen LogP contribution in [0.5, 0.6) is 0 Å². The van der Waals surface area contributed by atoms with Crippen molar-refractivity contribution in [2.75, 3.05) is 6.61 Å². The Labute approximate surface area is 313 Å². The lowest BCUT2D eigenvalue weighted by Gasteiger charge is -2.25. The van der Waals surface area contributed by atoms with Gasteiger partial charge in [-0.3, -0.25) is 19.5 Å². The monoisotopic (exact) mass is 728 g/mol. The molecular formula is C44H32N4O5S. The second-order valence-electron chi connectivity index (χ2n) is 12.5. The zero-order valence-electron chi connectivity index (χ0n) is 29.0. The number of nitro groups is 1. The first-order chi connectivity index (χ1) is 26.4. The highest BCUT2D eigenvalue weighted by atomic mass is 32.1. The van der Waals surface area contributed by atoms with Crippen LogP contribution in [0.25, 0.3) is 40.0 Å². The van der Waals surface area contributed by atoms with Crippen LogP contribution in [0.3, 0.4) is 0 Å². The van der Waals surface area contributed by atoms with Crippen LogP contribution in [0.2, 0.25) is 0 Å². The van der Waals surface area contributed by atoms with E-state index in [4.69, 9.17) is 9.73 Å². The Bertz CT molecular complexity index is 2720. The number of aromatic nitrogens is 2. The predicted molar refractivity (Wildman–Crippen MR) is 211 cm³/mol. The average Bonchev–Trinajstić information content (AvgIpc) is 3.75. The lowest BCUT2D eigenvalue weighted by molar-refractivity contribution is -0.384. The molecule has 5 aromatic carbocycles. The number of ether oxygens (including phenoxy) is 1. The van der Waals surface area contributed by atoms with Crippen LogP contribution < -0.4 is 14.9 Å². The van der Waals surface area contributed by atoms with Crippen LogP contribution >= 0.6 is 11.3 Å². The average molecular weight is 729 g/mol. The van der Waals surface area contributed by atoms with Crippen molar-refractivity contribution in [1.29, 1.82) is 0 Å². The number of benzene rings is 5. The molecule has 1 aliphatic rings. The fourth-order valence-electron chi connectivity index (χ4n) is 6.88. The molecule has 2 aromatic heterocycles. The van der Waals surface area contributed by atoms with E-state index in [-0.39, 0.29) is 23.4 Å². The minimum Gasteiger partial charge on any atom is -0.463 e. The van der Waals surface area contributed by atoms with Crippen LogP contribution in [0.15, 0.2) is 167 Å². The van der Waals surface area contributed by atoms with Crippen LogP contribution in [-0.4, -0.2) is 26.6 Å². The number of hydrogen-bond donors (Lipinski definition) is 0. The molecule has 0 saturated heterocycles. The molecule has 54 heavy (non-hydrogen) atoms. The first-order valence-corrected chi connectivity index (χ1v) is 18.2. The normalized spacial score (nSPS) is 14.0. The summed E-state index contributed by atoms with van der Waals surface area (Å²) in [6, 6.07) is 46.3. The molecule has 264 valence electrons. The molecule has 1 atom stereocenters. The molecule has 0 N–H and O–H groups in total. The van der Waals surface area contributed by atoms with Crippen LogP contribution in [0.1, 0.15) is 29.7 Å². The molecule has 0 unspecified atom stereocenters. The fraction of sp³-hybridized carbons (Fsp3) is 0.0682. The Morgan fingerprint density at radius 2 is 1.39 bits per heavy atom. The van der Waals surface area contributed by atoms with Gasteiger partial charge < -0.3 is 9.30 Å². The van der Waals surface area contributed by atoms with E-state index in [2.05, 4.69) is 4.57 Å². The molecule has 7 aromatic rings. The van der Waals surface area contributed by atoms with E-state index in [1.54, 1.807) is 23.6 Å². The van der Waals surface area contributed by atoms with E-state index in [0.29, 0.717) is 15.0 Å². The van der Waals surface area contributed by atoms with E-state index in [9.17, 15) is 19.7 Å². The third kappa shape index (κ3) is 6.29. The molecule has 9 nitrogen and oxygen atoms in total. The van der Waals surface area contributed by atoms with Gasteiger partial charge in [0, 0.05) is 28.9 Å². The summed E-state index contributed by atoms with van der Waals surface area (Å²) in [7, 11) is 0. The molecule has 0 amide bonds. The maximum absolute atomic E-state index is 14.8. The first-order valence-electron chi connectivity index (χ1n) is 17.4. The molecule has 10 heteroatoms. The Morgan fingerprint density at radius 3 is 1.98 bits per heavy atom. The highest BCUT2D eigenvalue weighted by Gasteiger charge is 2.35. The molecule has 0 bridgehead atoms. The zero-order valence-corrected chi connectivity index (χ0v) is 29.9. The summed E-state index contributed by atoms with van der Waals surface area (Å²) in [5, 5.41) is 11.6. The minimum absolute atomic E-state index is 0.0141. The Balaban J connectivity index is 1.42. The summed E-state index contributed by atoms with van der Waals surface area (Å²) in [6.07, 6.45) is 1.87. The highest BCUT2D eigenvalue weighted by Crippen LogP contribution is 2.38. The zero-order chi connectivity index (χ0) is 37.2. The largest absolute Gasteiger partial charge is 0.463 e. The predicted octanol–water partition coefficient (Wildman–Crippen LogP) is 7.97. The molecule has 1 aliphatic heterocycles. The Kier molecular flexibility index (Phi) is 9.25. The van der Waals surface area contributed by atoms with Crippen molar-refractivity contribution < 1.29 is 14.5 Å². The van der Waals surface area contributed by atoms with E-state index in [1.807, 2.05) is 133 Å². The third-order valence-electron chi connectivity index (χ3n) is 9.24. The van der Waals surface area contributed by atoms with Gasteiger partial charge in [-0.05, 0) is 47.9 Å². The molecular weight excluding hydrogens is 697 g/mol. The maximum Gasteiger partial charge on any atom is 0.338 e. The number of thiazole rings is 1. The van der Waals surface area contributed by atoms with Crippen LogP contribution in [0.4, 0.5) is 5.69 Å². The molecule has 3 heterocycles. The van der Waals surface area contributed by atoms with Crippen molar-refractivity contribution >= 4 is 34.8 Å². The van der Waals surface area contributed by atoms with E-state index < -0.39 is 16.9 Å². The smallest absolute Gasteiger partial charge is 0.338 e. The van der Waals surface area contributed by atoms with E-state index in [0.717, 1.165) is 44.9 Å². The summed E-state index contributed by atoms with van der Waals surface area (Å²) in [5.41, 5.74) is 6.82. The third-order valence-corrected chi connectivity index (χ3v) is 10.2. The highest BCUT2D eigenvalue weighted by molar-refractivity contribution is 7.07. The molecule has 8 rings (SSSR count). The van der Waals surface area contributed by atoms with Gasteiger partial charge in [0.1, 0.15) is 0 Å². The number of nitrogens with zero attached hydrogens (tertiary/aromatic N) is 4. The SMILES string of the molecule is CCOC(=O)C1=C(c2ccccc2)N=c2s/c(=C\c3cc(-c4ccccc4)n(-c4ccc([N+](=O)[O-])cc4)c3-c3ccccc3)c(=O)n2[C@H]1c1ccccc1. The van der Waals surface area contributed by atoms with Crippen LogP contribution in [0, 0.1) is 10.1 Å². The van der Waals surface area contributed by atoms with Gasteiger partial charge in [-0.15, -0.1) is 0 Å². The number of fused-ring (bicyclic) bond motifs is 1. The van der Waals surface area contributed by atoms with Crippen molar-refractivity contribution in [2.45, 2.75) is 13.0 Å². The number of carbonyl (C=O) groups is 1. The number of carbonyl (C=O) groups excluding carboxylic acids is 1. The molecule has 0 fully saturated rings. The quantitative estimate of drug-likeness (QED) is 0.0852. The lowest BCUT2D eigenvalue weighted by atomic mass is 9.93. The summed E-state index contributed by atoms with van der Waals surface area (Å²) < 4.78 is 9.69. The van der Waals surface area contributed by atoms with Gasteiger partial charge >= 0.3 is 5.97 Å². The van der Waals surface area contributed by atoms with Crippen molar-refractivity contribution in [3.8, 4) is 28.2 Å². The second kappa shape index (κ2) is 14.6. The standard InChI is InChI=1S/C44H32N4O5S/c1-2-53-43(50)38-39(30-17-9-4-10-18-30)45-44-47(41(38)32-21-13-6-14-22-32)42(49)37(54-44)28-33-27-36(29-15-7-3-8-16-29)46(40(33)31-19-11-5-12-20-31)34-23-25-35(26-24-34)48(51)52/h3-28,41H,2H2,1H3/b37-28-/t41-/m0/s1. The van der Waals surface area contributed by atoms with Crippen molar-refractivity contribution in [1.82, 2.24) is 9.13 Å². The van der Waals surface area contributed by atoms with Crippen molar-refractivity contribution in [2.24, 2.45) is 4.99 Å². The summed E-state index contributed by atoms with van der Waals surface area (Å²) in [6.45, 7) is 1.92. The fourth-order valence-corrected chi connectivity index (χ4v) is 7.87. The molecule has 0 spiro atoms. The van der Waals surface area contributed by atoms with Gasteiger partial charge in [0.15, 0.2) is 4.80 Å². The van der Waals surface area contributed by atoms with Gasteiger partial charge in [0.05, 0.1) is 44.8 Å². The van der Waals surface area contributed by atoms with Gasteiger partial charge in [0.25, 0.3) is 11.2 Å². The summed E-state index contributed by atoms with van der Waals surface area (Å²) >= 11 is 1.25. The second-order valence-corrected chi connectivity index (χ2v) is 13.5. The van der Waals surface area contributed by atoms with Crippen molar-refractivity contribution in [3.63, 3.8) is 0 Å². The van der Waals surface area contributed by atoms with Gasteiger partial charge in [-0.25, -0.2) is 9.79 Å². The maximum atomic E-state index is 14.8. The van der Waals surface area contributed by atoms with Crippen LogP contribution in [-0.2, 0) is 9.53 Å². The molecule has 0 saturated carbocycles. The number of hydrogen-bond acceptors (Lipinski definition) is 7. The Hall–Kier alpha value is -6.91. The number of non-ortho nitro benzene ring substituents is 1. The molecule has 0 aliphatic carbocycles. The summed E-state index contributed by atoms with van der Waals surface area (Å²) in [5.74, 6) is -0.540. The van der Waals surface area contributed by atoms with E-state index in [1.165, 1.54) is 23.5 Å². The van der Waals surface area contributed by atoms with Crippen molar-refractivity contribution in [3.05, 3.63) is 204 Å². The van der Waals surface area contributed by atoms with Gasteiger partial charge in [-0.2, -0.15) is 0 Å². The summed E-state index contributed by atoms with van der Waals surface area (Å²) in [4.78, 5) is 45.3. The Morgan fingerprint density at radius 1 is 0.815 bits per heavy atom. The first kappa shape index (κ1) is 34.2. The minimum atomic E-state index is -0.794. The van der Waals surface area contributed by atoms with Gasteiger partial charge in [-0.1, -0.05) is 133 Å². The topological polar surface area (TPSA) is 109 Å². The lowest BCUT2D eigenvalue weighted by Crippen LogP contribution is -2.40. The van der Waals surface area contributed by atoms with Gasteiger partial charge in [0.2, 0.25) is 0 Å². The number of nitro benzene ring substituents is 1. The number of rotatable bonds is 9. The molecule has 0 radical (unpaired) electrons. The van der Waals surface area contributed by atoms with E-state index >= 15 is 0 Å².